The van der Waals surface area contributed by atoms with Crippen molar-refractivity contribution in [3.05, 3.63) is 42.0 Å². The highest BCUT2D eigenvalue weighted by atomic mass is 32.2. The Morgan fingerprint density at radius 1 is 1.29 bits per heavy atom. The second kappa shape index (κ2) is 4.38. The standard InChI is InChI=1S/C12H14OS/c1-5-10-7-8-12(14(4)13)9(3)11(10)6-2/h5-8H,1-2H2,3-4H3. The van der Waals surface area contributed by atoms with Crippen LogP contribution in [-0.4, -0.2) is 10.5 Å². The fourth-order valence-electron chi connectivity index (χ4n) is 1.49. The molecule has 1 atom stereocenters. The normalized spacial score (nSPS) is 12.1. The van der Waals surface area contributed by atoms with Crippen LogP contribution in [0.25, 0.3) is 12.2 Å². The molecule has 0 bridgehead atoms. The van der Waals surface area contributed by atoms with Crippen LogP contribution in [0.3, 0.4) is 0 Å². The van der Waals surface area contributed by atoms with E-state index in [2.05, 4.69) is 13.2 Å². The molecular formula is C12H14OS. The molecule has 14 heavy (non-hydrogen) atoms. The SMILES string of the molecule is C=Cc1ccc(S(C)=O)c(C)c1C=C. The fourth-order valence-corrected chi connectivity index (χ4v) is 2.29. The first-order valence-electron chi connectivity index (χ1n) is 4.33. The van der Waals surface area contributed by atoms with Crippen LogP contribution in [0, 0.1) is 6.92 Å². The van der Waals surface area contributed by atoms with Gasteiger partial charge in [-0.05, 0) is 29.7 Å². The van der Waals surface area contributed by atoms with Gasteiger partial charge in [0.1, 0.15) is 0 Å². The molecule has 0 heterocycles. The molecule has 1 aromatic rings. The first kappa shape index (κ1) is 10.9. The molecule has 0 aliphatic heterocycles. The largest absolute Gasteiger partial charge is 0.255 e. The summed E-state index contributed by atoms with van der Waals surface area (Å²) < 4.78 is 11.4. The van der Waals surface area contributed by atoms with E-state index in [0.29, 0.717) is 0 Å². The Kier molecular flexibility index (Phi) is 3.42. The van der Waals surface area contributed by atoms with Crippen molar-refractivity contribution in [1.82, 2.24) is 0 Å². The van der Waals surface area contributed by atoms with E-state index in [1.807, 2.05) is 19.1 Å². The molecule has 0 N–H and O–H groups in total. The van der Waals surface area contributed by atoms with Crippen molar-refractivity contribution in [3.8, 4) is 0 Å². The maximum atomic E-state index is 11.4. The zero-order valence-electron chi connectivity index (χ0n) is 8.54. The third-order valence-electron chi connectivity index (χ3n) is 2.23. The first-order chi connectivity index (χ1) is 6.61. The van der Waals surface area contributed by atoms with Crippen molar-refractivity contribution in [3.63, 3.8) is 0 Å². The summed E-state index contributed by atoms with van der Waals surface area (Å²) in [4.78, 5) is 0.866. The molecule has 0 aliphatic carbocycles. The Hall–Kier alpha value is -1.15. The van der Waals surface area contributed by atoms with Crippen LogP contribution in [0.1, 0.15) is 16.7 Å². The van der Waals surface area contributed by atoms with E-state index in [1.54, 1.807) is 18.4 Å². The molecule has 1 unspecified atom stereocenters. The van der Waals surface area contributed by atoms with Gasteiger partial charge in [0.25, 0.3) is 0 Å². The van der Waals surface area contributed by atoms with Gasteiger partial charge in [-0.1, -0.05) is 31.4 Å². The van der Waals surface area contributed by atoms with Gasteiger partial charge in [0.05, 0.1) is 10.8 Å². The molecule has 0 amide bonds. The van der Waals surface area contributed by atoms with Crippen LogP contribution in [0.5, 0.6) is 0 Å². The summed E-state index contributed by atoms with van der Waals surface area (Å²) >= 11 is 0. The highest BCUT2D eigenvalue weighted by molar-refractivity contribution is 7.84. The van der Waals surface area contributed by atoms with Crippen LogP contribution in [-0.2, 0) is 10.8 Å². The van der Waals surface area contributed by atoms with Gasteiger partial charge in [0.15, 0.2) is 0 Å². The molecule has 1 aromatic carbocycles. The van der Waals surface area contributed by atoms with Crippen molar-refractivity contribution in [1.29, 1.82) is 0 Å². The van der Waals surface area contributed by atoms with Gasteiger partial charge >= 0.3 is 0 Å². The molecule has 0 fully saturated rings. The molecule has 0 saturated carbocycles. The molecule has 0 spiro atoms. The van der Waals surface area contributed by atoms with Crippen molar-refractivity contribution in [2.45, 2.75) is 11.8 Å². The lowest BCUT2D eigenvalue weighted by molar-refractivity contribution is 0.686. The second-order valence-corrected chi connectivity index (χ2v) is 4.40. The summed E-state index contributed by atoms with van der Waals surface area (Å²) in [6, 6.07) is 3.81. The average Bonchev–Trinajstić information content (AvgIpc) is 2.16. The Bertz CT molecular complexity index is 405. The second-order valence-electron chi connectivity index (χ2n) is 3.05. The van der Waals surface area contributed by atoms with Crippen molar-refractivity contribution in [2.24, 2.45) is 0 Å². The summed E-state index contributed by atoms with van der Waals surface area (Å²) in [5, 5.41) is 0. The zero-order valence-corrected chi connectivity index (χ0v) is 9.36. The summed E-state index contributed by atoms with van der Waals surface area (Å²) in [6.07, 6.45) is 5.25. The minimum Gasteiger partial charge on any atom is -0.255 e. The van der Waals surface area contributed by atoms with Crippen molar-refractivity contribution < 1.29 is 4.21 Å². The fraction of sp³-hybridized carbons (Fsp3) is 0.167. The van der Waals surface area contributed by atoms with Crippen LogP contribution in [0.15, 0.2) is 30.2 Å². The van der Waals surface area contributed by atoms with Gasteiger partial charge in [-0.3, -0.25) is 4.21 Å². The number of benzene rings is 1. The maximum absolute atomic E-state index is 11.4. The van der Waals surface area contributed by atoms with Gasteiger partial charge in [-0.2, -0.15) is 0 Å². The Morgan fingerprint density at radius 3 is 2.36 bits per heavy atom. The van der Waals surface area contributed by atoms with E-state index in [4.69, 9.17) is 0 Å². The first-order valence-corrected chi connectivity index (χ1v) is 5.89. The third kappa shape index (κ3) is 1.85. The van der Waals surface area contributed by atoms with Crippen LogP contribution in [0.2, 0.25) is 0 Å². The molecule has 0 aliphatic rings. The molecule has 2 heteroatoms. The summed E-state index contributed by atoms with van der Waals surface area (Å²) in [7, 11) is -0.945. The van der Waals surface area contributed by atoms with Crippen LogP contribution < -0.4 is 0 Å². The number of hydrogen-bond donors (Lipinski definition) is 0. The summed E-state index contributed by atoms with van der Waals surface area (Å²) in [6.45, 7) is 9.44. The van der Waals surface area contributed by atoms with Crippen molar-refractivity contribution in [2.75, 3.05) is 6.26 Å². The third-order valence-corrected chi connectivity index (χ3v) is 3.29. The van der Waals surface area contributed by atoms with Gasteiger partial charge in [-0.15, -0.1) is 0 Å². The van der Waals surface area contributed by atoms with Gasteiger partial charge in [0, 0.05) is 11.2 Å². The molecule has 0 radical (unpaired) electrons. The number of rotatable bonds is 3. The molecule has 1 rings (SSSR count). The Balaban J connectivity index is 3.49. The monoisotopic (exact) mass is 206 g/mol. The highest BCUT2D eigenvalue weighted by Crippen LogP contribution is 2.22. The topological polar surface area (TPSA) is 17.1 Å². The predicted molar refractivity (Wildman–Crippen MR) is 63.7 cm³/mol. The lowest BCUT2D eigenvalue weighted by Gasteiger charge is -2.09. The Morgan fingerprint density at radius 2 is 1.93 bits per heavy atom. The minimum atomic E-state index is -0.945. The van der Waals surface area contributed by atoms with E-state index >= 15 is 0 Å². The van der Waals surface area contributed by atoms with Gasteiger partial charge < -0.3 is 0 Å². The van der Waals surface area contributed by atoms with Crippen LogP contribution >= 0.6 is 0 Å². The van der Waals surface area contributed by atoms with E-state index in [9.17, 15) is 4.21 Å². The molecular weight excluding hydrogens is 192 g/mol. The van der Waals surface area contributed by atoms with Gasteiger partial charge in [0.2, 0.25) is 0 Å². The van der Waals surface area contributed by atoms with E-state index in [1.165, 1.54) is 0 Å². The average molecular weight is 206 g/mol. The molecule has 0 saturated heterocycles. The number of hydrogen-bond acceptors (Lipinski definition) is 1. The molecule has 1 nitrogen and oxygen atoms in total. The van der Waals surface area contributed by atoms with E-state index < -0.39 is 10.8 Å². The van der Waals surface area contributed by atoms with E-state index in [0.717, 1.165) is 21.6 Å². The molecule has 0 aromatic heterocycles. The quantitative estimate of drug-likeness (QED) is 0.743. The van der Waals surface area contributed by atoms with Gasteiger partial charge in [-0.25, -0.2) is 0 Å². The zero-order chi connectivity index (χ0) is 10.7. The van der Waals surface area contributed by atoms with Crippen molar-refractivity contribution >= 4 is 23.0 Å². The highest BCUT2D eigenvalue weighted by Gasteiger charge is 2.07. The Labute approximate surface area is 87.6 Å². The lowest BCUT2D eigenvalue weighted by atomic mass is 10.0. The molecule has 74 valence electrons. The summed E-state index contributed by atoms with van der Waals surface area (Å²) in [5.74, 6) is 0. The van der Waals surface area contributed by atoms with Crippen LogP contribution in [0.4, 0.5) is 0 Å². The maximum Gasteiger partial charge on any atom is 0.0501 e. The smallest absolute Gasteiger partial charge is 0.0501 e. The predicted octanol–water partition coefficient (Wildman–Crippen LogP) is 3.02. The summed E-state index contributed by atoms with van der Waals surface area (Å²) in [5.41, 5.74) is 3.08. The minimum absolute atomic E-state index is 0.866. The van der Waals surface area contributed by atoms with E-state index in [-0.39, 0.29) is 0 Å². The lowest BCUT2D eigenvalue weighted by Crippen LogP contribution is -1.96.